The Labute approximate surface area is 468 Å². The lowest BCUT2D eigenvalue weighted by molar-refractivity contribution is 0.143. The summed E-state index contributed by atoms with van der Waals surface area (Å²) in [4.78, 5) is 15.3. The van der Waals surface area contributed by atoms with E-state index in [2.05, 4.69) is 193 Å². The molecule has 78 heavy (non-hydrogen) atoms. The number of aromatic nitrogens is 15. The normalized spacial score (nSPS) is 26.4. The van der Waals surface area contributed by atoms with Gasteiger partial charge in [0, 0.05) is 130 Å². The average molecular weight is 1080 g/mol. The van der Waals surface area contributed by atoms with Crippen molar-refractivity contribution < 1.29 is 0 Å². The molecule has 5 aromatic heterocycles. The minimum Gasteiger partial charge on any atom is -0.316 e. The lowest BCUT2D eigenvalue weighted by Crippen LogP contribution is -2.40. The highest BCUT2D eigenvalue weighted by atomic mass is 15.3. The summed E-state index contributed by atoms with van der Waals surface area (Å²) in [6.07, 6.45) is 32.8. The third-order valence-corrected chi connectivity index (χ3v) is 17.7. The van der Waals surface area contributed by atoms with Crippen LogP contribution in [-0.2, 0) is 0 Å². The zero-order valence-corrected chi connectivity index (χ0v) is 50.4. The molecule has 0 aromatic carbocycles. The lowest BCUT2D eigenvalue weighted by atomic mass is 10.0. The number of fused-ring (bicyclic) bond motifs is 2. The van der Waals surface area contributed by atoms with Crippen LogP contribution in [0.3, 0.4) is 0 Å². The number of nitrogens with zero attached hydrogens (tertiary/aromatic N) is 21. The fraction of sp³-hybridized carbons (Fsp3) is 0.825. The Morgan fingerprint density at radius 2 is 0.551 bits per heavy atom. The monoisotopic (exact) mass is 1080 g/mol. The van der Waals surface area contributed by atoms with Crippen LogP contribution >= 0.6 is 0 Å². The molecule has 2 bridgehead atoms. The Kier molecular flexibility index (Phi) is 23.3. The van der Waals surface area contributed by atoms with Crippen molar-refractivity contribution in [2.24, 2.45) is 0 Å². The fourth-order valence-corrected chi connectivity index (χ4v) is 12.7. The van der Waals surface area contributed by atoms with Gasteiger partial charge in [-0.15, -0.1) is 51.0 Å². The first kappa shape index (κ1) is 61.1. The van der Waals surface area contributed by atoms with Gasteiger partial charge in [0.15, 0.2) is 0 Å². The molecular weight excluding hydrogens is 979 g/mol. The van der Waals surface area contributed by atoms with Crippen LogP contribution in [0, 0.1) is 0 Å². The van der Waals surface area contributed by atoms with E-state index in [0.29, 0.717) is 54.4 Å². The Bertz CT molecular complexity index is 2150. The highest BCUT2D eigenvalue weighted by Gasteiger charge is 2.40. The molecule has 12 heterocycles. The van der Waals surface area contributed by atoms with E-state index in [4.69, 9.17) is 0 Å². The summed E-state index contributed by atoms with van der Waals surface area (Å²) in [6.45, 7) is 41.1. The van der Waals surface area contributed by atoms with Crippen molar-refractivity contribution in [3.63, 3.8) is 0 Å². The highest BCUT2D eigenvalue weighted by molar-refractivity contribution is 4.96. The van der Waals surface area contributed by atoms with E-state index in [1.165, 1.54) is 103 Å². The van der Waals surface area contributed by atoms with Gasteiger partial charge in [-0.1, -0.05) is 0 Å². The standard InChI is InChI=1S/3C10H18N4.2C9H16N4.C9H17N/c1-10(2,3)14-5-4-9(6-14)13-7-11-12-8-13;2*1-9(2)13-5-3-4-10(6-13)14-7-11-12-8-14;2*1-8(2)12-4-3-9(5-12)13-6-10-11-7-13;1-7(2)10-8-3-4-9(10)6-5-8/h7-9H,4-6H2,1-3H3;2*7-10H,3-6H2,1-2H3;2*6-9H,3-5H2,1-2H3;7-9H,3-6H2,1-2H3/t9-;2*10-;2*9-;/m01010./s1. The molecule has 0 radical (unpaired) electrons. The van der Waals surface area contributed by atoms with Gasteiger partial charge >= 0.3 is 0 Å². The van der Waals surface area contributed by atoms with Gasteiger partial charge in [0.05, 0.1) is 0 Å². The molecule has 7 saturated heterocycles. The first-order valence-electron chi connectivity index (χ1n) is 30.1. The molecule has 5 atom stereocenters. The summed E-state index contributed by atoms with van der Waals surface area (Å²) < 4.78 is 10.6. The van der Waals surface area contributed by atoms with Crippen molar-refractivity contribution in [2.45, 2.75) is 239 Å². The highest BCUT2D eigenvalue weighted by Crippen LogP contribution is 2.38. The van der Waals surface area contributed by atoms with Crippen molar-refractivity contribution in [1.82, 2.24) is 103 Å². The number of rotatable bonds is 10. The van der Waals surface area contributed by atoms with Crippen molar-refractivity contribution in [2.75, 3.05) is 65.4 Å². The molecule has 21 heteroatoms. The minimum atomic E-state index is 0.281. The molecule has 12 rings (SSSR count). The summed E-state index contributed by atoms with van der Waals surface area (Å²) in [5.41, 5.74) is 0.281. The summed E-state index contributed by atoms with van der Waals surface area (Å²) in [6, 6.07) is 8.18. The van der Waals surface area contributed by atoms with Gasteiger partial charge in [-0.25, -0.2) is 0 Å². The molecule has 0 amide bonds. The SMILES string of the molecule is CC(C)(C)N1CC[C@H](n2cnnc2)C1.CC(C)N1C2CCC1CC2.CC(C)N1CCC[C@@H](n2cnnc2)C1.CC(C)N1CCC[C@H](n2cnnc2)C1.CC(C)N1CC[C@@H](n2cnnc2)C1.CC(C)N1CC[C@H](n2cnnc2)C1. The van der Waals surface area contributed by atoms with Gasteiger partial charge < -0.3 is 22.8 Å². The van der Waals surface area contributed by atoms with Crippen LogP contribution in [0.5, 0.6) is 0 Å². The van der Waals surface area contributed by atoms with Crippen LogP contribution in [0.2, 0.25) is 0 Å². The Hall–Kier alpha value is -4.54. The second-order valence-corrected chi connectivity index (χ2v) is 25.4. The van der Waals surface area contributed by atoms with E-state index in [9.17, 15) is 0 Å². The molecule has 21 nitrogen and oxygen atoms in total. The Morgan fingerprint density at radius 1 is 0.295 bits per heavy atom. The van der Waals surface area contributed by atoms with Gasteiger partial charge in [0.25, 0.3) is 0 Å². The van der Waals surface area contributed by atoms with Crippen molar-refractivity contribution in [3.8, 4) is 0 Å². The van der Waals surface area contributed by atoms with E-state index in [1.54, 1.807) is 0 Å². The van der Waals surface area contributed by atoms with Crippen LogP contribution in [0.25, 0.3) is 0 Å². The fourth-order valence-electron chi connectivity index (χ4n) is 12.7. The number of likely N-dealkylation sites (tertiary alicyclic amines) is 5. The largest absolute Gasteiger partial charge is 0.316 e. The van der Waals surface area contributed by atoms with Crippen molar-refractivity contribution in [3.05, 3.63) is 63.3 Å². The van der Waals surface area contributed by atoms with E-state index in [1.807, 2.05) is 63.3 Å². The number of hydrogen-bond donors (Lipinski definition) is 0. The second kappa shape index (κ2) is 29.8. The van der Waals surface area contributed by atoms with Gasteiger partial charge in [-0.3, -0.25) is 29.4 Å². The Balaban J connectivity index is 0.000000136. The lowest BCUT2D eigenvalue weighted by Gasteiger charge is -2.35. The van der Waals surface area contributed by atoms with Crippen molar-refractivity contribution in [1.29, 1.82) is 0 Å². The first-order valence-corrected chi connectivity index (χ1v) is 30.1. The molecule has 0 unspecified atom stereocenters. The van der Waals surface area contributed by atoms with Crippen molar-refractivity contribution >= 4 is 0 Å². The summed E-state index contributed by atoms with van der Waals surface area (Å²) in [5, 5.41) is 38.5. The topological polar surface area (TPSA) is 173 Å². The van der Waals surface area contributed by atoms with Gasteiger partial charge in [0.2, 0.25) is 0 Å². The van der Waals surface area contributed by atoms with Gasteiger partial charge in [0.1, 0.15) is 63.3 Å². The number of hydrogen-bond acceptors (Lipinski definition) is 16. The molecule has 0 N–H and O–H groups in total. The third kappa shape index (κ3) is 17.7. The maximum Gasteiger partial charge on any atom is 0.119 e. The zero-order valence-electron chi connectivity index (χ0n) is 50.4. The second-order valence-electron chi connectivity index (χ2n) is 25.4. The molecule has 0 spiro atoms. The maximum atomic E-state index is 3.86. The average Bonchev–Trinajstić information content (AvgIpc) is 4.29. The van der Waals surface area contributed by atoms with Crippen LogP contribution in [0.4, 0.5) is 0 Å². The molecule has 7 aliphatic heterocycles. The quantitative estimate of drug-likeness (QED) is 0.132. The van der Waals surface area contributed by atoms with E-state index in [0.717, 1.165) is 50.8 Å². The van der Waals surface area contributed by atoms with Crippen LogP contribution < -0.4 is 0 Å². The third-order valence-electron chi connectivity index (χ3n) is 17.7. The molecular formula is C57H103N21. The van der Waals surface area contributed by atoms with E-state index >= 15 is 0 Å². The summed E-state index contributed by atoms with van der Waals surface area (Å²) in [5.74, 6) is 0. The van der Waals surface area contributed by atoms with E-state index < -0.39 is 0 Å². The van der Waals surface area contributed by atoms with Crippen LogP contribution in [0.1, 0.15) is 191 Å². The predicted octanol–water partition coefficient (Wildman–Crippen LogP) is 7.86. The summed E-state index contributed by atoms with van der Waals surface area (Å²) in [7, 11) is 0. The molecule has 0 aliphatic carbocycles. The van der Waals surface area contributed by atoms with Gasteiger partial charge in [-0.05, 0) is 174 Å². The summed E-state index contributed by atoms with van der Waals surface area (Å²) >= 11 is 0. The molecule has 7 fully saturated rings. The predicted molar refractivity (Wildman–Crippen MR) is 309 cm³/mol. The Morgan fingerprint density at radius 3 is 0.782 bits per heavy atom. The molecule has 0 saturated carbocycles. The van der Waals surface area contributed by atoms with Gasteiger partial charge in [-0.2, -0.15) is 0 Å². The van der Waals surface area contributed by atoms with E-state index in [-0.39, 0.29) is 5.54 Å². The number of piperidine rings is 2. The van der Waals surface area contributed by atoms with Crippen LogP contribution in [-0.4, -0.2) is 217 Å². The maximum absolute atomic E-state index is 3.86. The molecule has 5 aromatic rings. The van der Waals surface area contributed by atoms with Crippen LogP contribution in [0.15, 0.2) is 63.3 Å². The minimum absolute atomic E-state index is 0.281. The molecule has 7 aliphatic rings. The zero-order chi connectivity index (χ0) is 55.8. The first-order chi connectivity index (χ1) is 37.4. The molecule has 436 valence electrons. The smallest absolute Gasteiger partial charge is 0.119 e.